The fourth-order valence-corrected chi connectivity index (χ4v) is 3.62. The maximum Gasteiger partial charge on any atom is 0.257 e. The first-order valence-electron chi connectivity index (χ1n) is 10.9. The van der Waals surface area contributed by atoms with Crippen molar-refractivity contribution < 1.29 is 19.1 Å². The highest BCUT2D eigenvalue weighted by Gasteiger charge is 2.15. The number of hydrogen-bond donors (Lipinski definition) is 3. The Balaban J connectivity index is 1.49. The molecule has 1 amide bonds. The number of aromatic hydroxyl groups is 1. The summed E-state index contributed by atoms with van der Waals surface area (Å²) in [5, 5.41) is 16.1. The summed E-state index contributed by atoms with van der Waals surface area (Å²) < 4.78 is 11.5. The van der Waals surface area contributed by atoms with E-state index in [1.807, 2.05) is 32.0 Å². The normalized spacial score (nSPS) is 10.9. The van der Waals surface area contributed by atoms with Gasteiger partial charge in [-0.2, -0.15) is 0 Å². The molecule has 1 aromatic heterocycles. The van der Waals surface area contributed by atoms with Gasteiger partial charge in [0.1, 0.15) is 17.0 Å². The summed E-state index contributed by atoms with van der Waals surface area (Å²) in [6.45, 7) is 5.91. The Labute approximate surface area is 202 Å². The van der Waals surface area contributed by atoms with Crippen LogP contribution in [-0.2, 0) is 6.42 Å². The number of aromatic nitrogens is 1. The highest BCUT2D eigenvalue weighted by Crippen LogP contribution is 2.33. The standard InChI is InChI=1S/C26H25N3O4S/c1-4-16-8-11-23-21(12-16)28-25(33-23)20-14-18(9-10-22(20)30)27-26(34)29-24(31)17-6-5-7-19(13-17)32-15(2)3/h5-15,30H,4H2,1-3H3,(H2,27,29,31,34). The molecule has 0 spiro atoms. The van der Waals surface area contributed by atoms with Gasteiger partial charge in [-0.25, -0.2) is 4.98 Å². The summed E-state index contributed by atoms with van der Waals surface area (Å²) in [5.41, 5.74) is 3.90. The zero-order valence-electron chi connectivity index (χ0n) is 19.1. The number of rotatable bonds is 6. The molecule has 0 saturated heterocycles. The molecule has 174 valence electrons. The molecule has 1 heterocycles. The largest absolute Gasteiger partial charge is 0.507 e. The molecule has 4 aromatic rings. The van der Waals surface area contributed by atoms with E-state index in [-0.39, 0.29) is 22.9 Å². The smallest absolute Gasteiger partial charge is 0.257 e. The lowest BCUT2D eigenvalue weighted by atomic mass is 10.1. The van der Waals surface area contributed by atoms with Crippen molar-refractivity contribution >= 4 is 40.0 Å². The number of nitrogens with one attached hydrogen (secondary N) is 2. The van der Waals surface area contributed by atoms with E-state index in [2.05, 4.69) is 22.5 Å². The number of thiocarbonyl (C=S) groups is 1. The molecule has 0 aliphatic carbocycles. The van der Waals surface area contributed by atoms with Crippen molar-refractivity contribution in [2.45, 2.75) is 33.3 Å². The zero-order valence-corrected chi connectivity index (χ0v) is 19.9. The molecule has 0 saturated carbocycles. The second-order valence-electron chi connectivity index (χ2n) is 8.01. The molecule has 0 unspecified atom stereocenters. The number of phenols is 1. The second-order valence-corrected chi connectivity index (χ2v) is 8.42. The third-order valence-electron chi connectivity index (χ3n) is 5.04. The summed E-state index contributed by atoms with van der Waals surface area (Å²) in [7, 11) is 0. The van der Waals surface area contributed by atoms with Gasteiger partial charge in [0.2, 0.25) is 5.89 Å². The van der Waals surface area contributed by atoms with Gasteiger partial charge in [0.25, 0.3) is 5.91 Å². The number of oxazole rings is 1. The number of hydrogen-bond acceptors (Lipinski definition) is 6. The van der Waals surface area contributed by atoms with Crippen LogP contribution in [-0.4, -0.2) is 27.2 Å². The van der Waals surface area contributed by atoms with Crippen LogP contribution < -0.4 is 15.4 Å². The quantitative estimate of drug-likeness (QED) is 0.244. The minimum atomic E-state index is -0.364. The van der Waals surface area contributed by atoms with E-state index in [0.29, 0.717) is 34.0 Å². The number of aryl methyl sites for hydroxylation is 1. The molecule has 0 radical (unpaired) electrons. The van der Waals surface area contributed by atoms with Crippen molar-refractivity contribution in [3.8, 4) is 23.0 Å². The zero-order chi connectivity index (χ0) is 24.2. The number of benzene rings is 3. The van der Waals surface area contributed by atoms with Gasteiger partial charge in [-0.15, -0.1) is 0 Å². The number of nitrogens with zero attached hydrogens (tertiary/aromatic N) is 1. The van der Waals surface area contributed by atoms with Gasteiger partial charge in [-0.3, -0.25) is 10.1 Å². The monoisotopic (exact) mass is 475 g/mol. The van der Waals surface area contributed by atoms with E-state index in [9.17, 15) is 9.90 Å². The van der Waals surface area contributed by atoms with Crippen molar-refractivity contribution in [2.75, 3.05) is 5.32 Å². The summed E-state index contributed by atoms with van der Waals surface area (Å²) >= 11 is 5.31. The molecule has 7 nitrogen and oxygen atoms in total. The van der Waals surface area contributed by atoms with Crippen molar-refractivity contribution in [1.82, 2.24) is 10.3 Å². The van der Waals surface area contributed by atoms with Crippen LogP contribution in [0.15, 0.2) is 65.1 Å². The Bertz CT molecular complexity index is 1360. The molecular weight excluding hydrogens is 450 g/mol. The van der Waals surface area contributed by atoms with Crippen LogP contribution in [0.25, 0.3) is 22.6 Å². The van der Waals surface area contributed by atoms with Crippen LogP contribution in [0.4, 0.5) is 5.69 Å². The Morgan fingerprint density at radius 3 is 2.74 bits per heavy atom. The maximum absolute atomic E-state index is 12.6. The topological polar surface area (TPSA) is 96.6 Å². The first-order valence-corrected chi connectivity index (χ1v) is 11.3. The number of amides is 1. The van der Waals surface area contributed by atoms with E-state index in [0.717, 1.165) is 17.5 Å². The third-order valence-corrected chi connectivity index (χ3v) is 5.24. The van der Waals surface area contributed by atoms with Gasteiger partial charge >= 0.3 is 0 Å². The molecule has 34 heavy (non-hydrogen) atoms. The maximum atomic E-state index is 12.6. The summed E-state index contributed by atoms with van der Waals surface area (Å²) in [5.74, 6) is 0.552. The first-order chi connectivity index (χ1) is 16.3. The van der Waals surface area contributed by atoms with E-state index < -0.39 is 0 Å². The minimum Gasteiger partial charge on any atom is -0.507 e. The van der Waals surface area contributed by atoms with Crippen molar-refractivity contribution in [3.63, 3.8) is 0 Å². The van der Waals surface area contributed by atoms with Gasteiger partial charge in [0.05, 0.1) is 11.7 Å². The van der Waals surface area contributed by atoms with E-state index >= 15 is 0 Å². The first kappa shape index (κ1) is 23.3. The average Bonchev–Trinajstić information content (AvgIpc) is 3.23. The second kappa shape index (κ2) is 9.93. The lowest BCUT2D eigenvalue weighted by molar-refractivity contribution is 0.0977. The molecule has 3 N–H and O–H groups in total. The van der Waals surface area contributed by atoms with Crippen LogP contribution in [0.1, 0.15) is 36.7 Å². The third kappa shape index (κ3) is 5.35. The molecule has 3 aromatic carbocycles. The fourth-order valence-electron chi connectivity index (χ4n) is 3.41. The molecule has 8 heteroatoms. The van der Waals surface area contributed by atoms with Gasteiger partial charge in [-0.1, -0.05) is 19.1 Å². The Morgan fingerprint density at radius 2 is 1.97 bits per heavy atom. The number of carbonyl (C=O) groups is 1. The Hall–Kier alpha value is -3.91. The number of fused-ring (bicyclic) bond motifs is 1. The van der Waals surface area contributed by atoms with Crippen LogP contribution in [0.5, 0.6) is 11.5 Å². The molecule has 0 bridgehead atoms. The predicted octanol–water partition coefficient (Wildman–Crippen LogP) is 5.68. The molecular formula is C26H25N3O4S. The van der Waals surface area contributed by atoms with Gasteiger partial charge in [0.15, 0.2) is 10.7 Å². The van der Waals surface area contributed by atoms with E-state index in [1.165, 1.54) is 6.07 Å². The van der Waals surface area contributed by atoms with Gasteiger partial charge < -0.3 is 19.6 Å². The number of phenolic OH excluding ortho intramolecular Hbond substituents is 1. The van der Waals surface area contributed by atoms with Crippen LogP contribution >= 0.6 is 12.2 Å². The Kier molecular flexibility index (Phi) is 6.79. The number of carbonyl (C=O) groups excluding carboxylic acids is 1. The van der Waals surface area contributed by atoms with Crippen molar-refractivity contribution in [1.29, 1.82) is 0 Å². The minimum absolute atomic E-state index is 0.000291. The lowest BCUT2D eigenvalue weighted by Gasteiger charge is -2.12. The average molecular weight is 476 g/mol. The number of ether oxygens (including phenoxy) is 1. The van der Waals surface area contributed by atoms with Crippen LogP contribution in [0, 0.1) is 0 Å². The number of anilines is 1. The SMILES string of the molecule is CCc1ccc2oc(-c3cc(NC(=S)NC(=O)c4cccc(OC(C)C)c4)ccc3O)nc2c1. The lowest BCUT2D eigenvalue weighted by Crippen LogP contribution is -2.34. The molecule has 0 aliphatic rings. The van der Waals surface area contributed by atoms with Crippen LogP contribution in [0.3, 0.4) is 0 Å². The summed E-state index contributed by atoms with van der Waals surface area (Å²) in [4.78, 5) is 17.1. The molecule has 0 fully saturated rings. The molecule has 4 rings (SSSR count). The van der Waals surface area contributed by atoms with E-state index in [4.69, 9.17) is 21.4 Å². The highest BCUT2D eigenvalue weighted by atomic mass is 32.1. The molecule has 0 atom stereocenters. The molecule has 0 aliphatic heterocycles. The van der Waals surface area contributed by atoms with Crippen molar-refractivity contribution in [2.24, 2.45) is 0 Å². The Morgan fingerprint density at radius 1 is 1.15 bits per heavy atom. The van der Waals surface area contributed by atoms with Gasteiger partial charge in [-0.05, 0) is 86.6 Å². The van der Waals surface area contributed by atoms with Crippen LogP contribution in [0.2, 0.25) is 0 Å². The summed E-state index contributed by atoms with van der Waals surface area (Å²) in [6.07, 6.45) is 0.890. The highest BCUT2D eigenvalue weighted by molar-refractivity contribution is 7.80. The van der Waals surface area contributed by atoms with E-state index in [1.54, 1.807) is 36.4 Å². The predicted molar refractivity (Wildman–Crippen MR) is 136 cm³/mol. The fraction of sp³-hybridized carbons (Fsp3) is 0.192. The van der Waals surface area contributed by atoms with Gasteiger partial charge in [0, 0.05) is 11.3 Å². The summed E-state index contributed by atoms with van der Waals surface area (Å²) in [6, 6.07) is 17.5. The van der Waals surface area contributed by atoms with Crippen molar-refractivity contribution in [3.05, 3.63) is 71.8 Å².